The number of piperidine rings is 1. The number of aromatic nitrogens is 1. The molecule has 1 aromatic carbocycles. The van der Waals surface area contributed by atoms with Gasteiger partial charge in [-0.25, -0.2) is 9.37 Å². The first kappa shape index (κ1) is 25.9. The fourth-order valence-corrected chi connectivity index (χ4v) is 6.53. The molecule has 1 aromatic heterocycles. The van der Waals surface area contributed by atoms with Crippen molar-refractivity contribution in [1.29, 1.82) is 0 Å². The Kier molecular flexibility index (Phi) is 6.42. The largest absolute Gasteiger partial charge is 0.507 e. The van der Waals surface area contributed by atoms with Crippen LogP contribution in [0.3, 0.4) is 0 Å². The van der Waals surface area contributed by atoms with Gasteiger partial charge in [-0.3, -0.25) is 9.59 Å². The van der Waals surface area contributed by atoms with Crippen molar-refractivity contribution in [3.05, 3.63) is 47.3 Å². The highest BCUT2D eigenvalue weighted by Gasteiger charge is 2.48. The van der Waals surface area contributed by atoms with Gasteiger partial charge >= 0.3 is 0 Å². The number of amides is 2. The van der Waals surface area contributed by atoms with Crippen LogP contribution < -0.4 is 9.64 Å². The molecule has 3 saturated heterocycles. The molecule has 6 rings (SSSR count). The van der Waals surface area contributed by atoms with E-state index in [-0.39, 0.29) is 57.2 Å². The third kappa shape index (κ3) is 4.30. The fraction of sp³-hybridized carbons (Fsp3) is 0.464. The van der Waals surface area contributed by atoms with Gasteiger partial charge in [0.25, 0.3) is 5.91 Å². The number of likely N-dealkylation sites (tertiary alicyclic amines) is 1. The quantitative estimate of drug-likeness (QED) is 0.582. The van der Waals surface area contributed by atoms with Gasteiger partial charge in [-0.1, -0.05) is 24.2 Å². The number of anilines is 1. The maximum atomic E-state index is 15.0. The summed E-state index contributed by atoms with van der Waals surface area (Å²) in [5.74, 6) is -0.957. The normalized spacial score (nSPS) is 22.5. The van der Waals surface area contributed by atoms with E-state index in [2.05, 4.69) is 18.5 Å². The standard InChI is InChI=1S/C28H31ClFN5O4/c1-3-20(37)33-11-12-35-17(13-33)14-39-25-22(27(35)38)26(34-15-28(16-34)7-9-32(2)10-8-28)31-24(23(25)29)21-18(30)5-4-6-19(21)36/h3-6,17,36H,1,7-16H2,2H3/t17-/m1/s1. The molecule has 0 unspecified atom stereocenters. The summed E-state index contributed by atoms with van der Waals surface area (Å²) in [6.07, 6.45) is 3.35. The van der Waals surface area contributed by atoms with Crippen LogP contribution in [0.1, 0.15) is 23.2 Å². The first-order chi connectivity index (χ1) is 18.7. The number of nitrogens with zero attached hydrogens (tertiary/aromatic N) is 5. The lowest BCUT2D eigenvalue weighted by Crippen LogP contribution is -2.61. The highest BCUT2D eigenvalue weighted by molar-refractivity contribution is 6.35. The molecule has 3 fully saturated rings. The van der Waals surface area contributed by atoms with Gasteiger partial charge in [-0.05, 0) is 51.2 Å². The van der Waals surface area contributed by atoms with Crippen molar-refractivity contribution < 1.29 is 23.8 Å². The predicted octanol–water partition coefficient (Wildman–Crippen LogP) is 3.01. The van der Waals surface area contributed by atoms with Crippen LogP contribution in [0, 0.1) is 11.2 Å². The second-order valence-corrected chi connectivity index (χ2v) is 11.4. The molecule has 0 radical (unpaired) electrons. The van der Waals surface area contributed by atoms with Crippen molar-refractivity contribution in [2.24, 2.45) is 5.41 Å². The molecule has 0 saturated carbocycles. The van der Waals surface area contributed by atoms with Crippen molar-refractivity contribution >= 4 is 29.2 Å². The summed E-state index contributed by atoms with van der Waals surface area (Å²) in [6.45, 7) is 8.10. The Balaban J connectivity index is 1.43. The Hall–Kier alpha value is -3.37. The van der Waals surface area contributed by atoms with E-state index in [4.69, 9.17) is 21.3 Å². The second kappa shape index (κ2) is 9.67. The number of pyridine rings is 1. The first-order valence-electron chi connectivity index (χ1n) is 13.2. The molecular weight excluding hydrogens is 525 g/mol. The minimum atomic E-state index is -0.679. The van der Waals surface area contributed by atoms with E-state index < -0.39 is 11.9 Å². The number of hydrogen-bond donors (Lipinski definition) is 1. The Morgan fingerprint density at radius 1 is 1.23 bits per heavy atom. The number of ether oxygens (including phenoxy) is 1. The third-order valence-electron chi connectivity index (χ3n) is 8.57. The van der Waals surface area contributed by atoms with Crippen LogP contribution >= 0.6 is 11.6 Å². The monoisotopic (exact) mass is 555 g/mol. The molecule has 206 valence electrons. The van der Waals surface area contributed by atoms with Crippen molar-refractivity contribution in [3.63, 3.8) is 0 Å². The van der Waals surface area contributed by atoms with Crippen LogP contribution in [0.25, 0.3) is 11.3 Å². The molecule has 1 spiro atoms. The minimum Gasteiger partial charge on any atom is -0.507 e. The van der Waals surface area contributed by atoms with Crippen LogP contribution in [0.15, 0.2) is 30.9 Å². The number of hydrogen-bond acceptors (Lipinski definition) is 7. The predicted molar refractivity (Wildman–Crippen MR) is 145 cm³/mol. The maximum absolute atomic E-state index is 15.0. The molecule has 11 heteroatoms. The lowest BCUT2D eigenvalue weighted by atomic mass is 9.72. The number of carbonyl (C=O) groups excluding carboxylic acids is 2. The number of halogens is 2. The zero-order valence-electron chi connectivity index (χ0n) is 21.8. The SMILES string of the molecule is C=CC(=O)N1CCN2C(=O)c3c(N4CC5(CCN(C)CC5)C4)nc(-c4c(O)cccc4F)c(Cl)c3OC[C@H]2C1. The van der Waals surface area contributed by atoms with Crippen molar-refractivity contribution in [3.8, 4) is 22.8 Å². The number of rotatable bonds is 3. The molecule has 0 aliphatic carbocycles. The van der Waals surface area contributed by atoms with Gasteiger partial charge in [0, 0.05) is 38.1 Å². The van der Waals surface area contributed by atoms with Crippen LogP contribution in [0.5, 0.6) is 11.5 Å². The van der Waals surface area contributed by atoms with Gasteiger partial charge in [0.1, 0.15) is 40.3 Å². The van der Waals surface area contributed by atoms with Gasteiger partial charge in [-0.15, -0.1) is 0 Å². The average Bonchev–Trinajstić information content (AvgIpc) is 3.05. The molecular formula is C28H31ClFN5O4. The third-order valence-corrected chi connectivity index (χ3v) is 8.92. The molecule has 4 aliphatic heterocycles. The van der Waals surface area contributed by atoms with E-state index >= 15 is 4.39 Å². The van der Waals surface area contributed by atoms with Gasteiger partial charge < -0.3 is 29.4 Å². The zero-order valence-corrected chi connectivity index (χ0v) is 22.6. The summed E-state index contributed by atoms with van der Waals surface area (Å²) < 4.78 is 21.2. The smallest absolute Gasteiger partial charge is 0.261 e. The second-order valence-electron chi connectivity index (χ2n) is 11.0. The van der Waals surface area contributed by atoms with E-state index in [1.807, 2.05) is 4.90 Å². The molecule has 4 aliphatic rings. The van der Waals surface area contributed by atoms with Gasteiger partial charge in [0.05, 0.1) is 11.6 Å². The number of phenols is 1. The molecule has 2 amide bonds. The molecule has 5 heterocycles. The molecule has 1 atom stereocenters. The summed E-state index contributed by atoms with van der Waals surface area (Å²) in [6, 6.07) is 3.61. The van der Waals surface area contributed by atoms with Crippen LogP contribution in [0.4, 0.5) is 10.2 Å². The number of benzene rings is 1. The number of fused-ring (bicyclic) bond motifs is 2. The van der Waals surface area contributed by atoms with Crippen LogP contribution in [-0.4, -0.2) is 102 Å². The van der Waals surface area contributed by atoms with E-state index in [0.29, 0.717) is 38.5 Å². The fourth-order valence-electron chi connectivity index (χ4n) is 6.24. The lowest BCUT2D eigenvalue weighted by molar-refractivity contribution is -0.128. The summed E-state index contributed by atoms with van der Waals surface area (Å²) in [5, 5.41) is 10.5. The zero-order chi connectivity index (χ0) is 27.5. The van der Waals surface area contributed by atoms with Gasteiger partial charge in [0.2, 0.25) is 5.91 Å². The molecule has 39 heavy (non-hydrogen) atoms. The topological polar surface area (TPSA) is 89.5 Å². The van der Waals surface area contributed by atoms with Crippen molar-refractivity contribution in [2.75, 3.05) is 64.4 Å². The van der Waals surface area contributed by atoms with E-state index in [1.54, 1.807) is 9.80 Å². The number of aromatic hydroxyl groups is 1. The summed E-state index contributed by atoms with van der Waals surface area (Å²) in [5.41, 5.74) is 0.270. The Labute approximate surface area is 231 Å². The van der Waals surface area contributed by atoms with E-state index in [1.165, 1.54) is 24.3 Å². The molecule has 1 N–H and O–H groups in total. The molecule has 2 aromatic rings. The van der Waals surface area contributed by atoms with Crippen LogP contribution in [0.2, 0.25) is 5.02 Å². The average molecular weight is 556 g/mol. The van der Waals surface area contributed by atoms with Gasteiger partial charge in [-0.2, -0.15) is 0 Å². The first-order valence-corrected chi connectivity index (χ1v) is 13.6. The van der Waals surface area contributed by atoms with Gasteiger partial charge in [0.15, 0.2) is 5.75 Å². The van der Waals surface area contributed by atoms with Crippen LogP contribution in [-0.2, 0) is 4.79 Å². The summed E-state index contributed by atoms with van der Waals surface area (Å²) >= 11 is 6.80. The molecule has 0 bridgehead atoms. The Morgan fingerprint density at radius 2 is 1.97 bits per heavy atom. The number of carbonyl (C=O) groups is 2. The maximum Gasteiger partial charge on any atom is 0.261 e. The number of piperazine rings is 1. The lowest BCUT2D eigenvalue weighted by Gasteiger charge is -2.54. The minimum absolute atomic E-state index is 0.0291. The van der Waals surface area contributed by atoms with Crippen molar-refractivity contribution in [1.82, 2.24) is 19.7 Å². The Morgan fingerprint density at radius 3 is 2.67 bits per heavy atom. The molecule has 9 nitrogen and oxygen atoms in total. The summed E-state index contributed by atoms with van der Waals surface area (Å²) in [4.78, 5) is 38.8. The highest BCUT2D eigenvalue weighted by Crippen LogP contribution is 2.49. The highest BCUT2D eigenvalue weighted by atomic mass is 35.5. The number of phenolic OH excluding ortho intramolecular Hbond substituents is 1. The van der Waals surface area contributed by atoms with E-state index in [0.717, 1.165) is 25.9 Å². The van der Waals surface area contributed by atoms with Crippen molar-refractivity contribution in [2.45, 2.75) is 18.9 Å². The Bertz CT molecular complexity index is 1330. The summed E-state index contributed by atoms with van der Waals surface area (Å²) in [7, 11) is 2.12. The van der Waals surface area contributed by atoms with E-state index in [9.17, 15) is 14.7 Å².